The second-order valence-electron chi connectivity index (χ2n) is 2.87. The maximum absolute atomic E-state index is 3.27. The molecule has 9 heavy (non-hydrogen) atoms. The summed E-state index contributed by atoms with van der Waals surface area (Å²) in [6, 6.07) is 0. The first-order chi connectivity index (χ1) is 4.33. The molecule has 0 N–H and O–H groups in total. The highest BCUT2D eigenvalue weighted by Crippen LogP contribution is 2.18. The molecule has 0 bridgehead atoms. The van der Waals surface area contributed by atoms with E-state index in [0.29, 0.717) is 11.8 Å². The molecule has 0 heteroatoms. The molecule has 0 saturated carbocycles. The van der Waals surface area contributed by atoms with Crippen molar-refractivity contribution in [3.63, 3.8) is 0 Å². The molecular weight excluding hydrogens is 108 g/mol. The standard InChI is InChI=1S/C9H14/c1-3-9-6-4-8(2)5-7-9/h8-9H,3-4,6H2,1-2H3. The molecule has 0 amide bonds. The molecule has 1 aliphatic rings. The van der Waals surface area contributed by atoms with E-state index in [4.69, 9.17) is 0 Å². The van der Waals surface area contributed by atoms with Gasteiger partial charge in [0.25, 0.3) is 0 Å². The second kappa shape index (κ2) is 2.92. The SMILES string of the molecule is CCC1C#CC(C)CC1. The summed E-state index contributed by atoms with van der Waals surface area (Å²) in [4.78, 5) is 0. The lowest BCUT2D eigenvalue weighted by Crippen LogP contribution is -2.04. The van der Waals surface area contributed by atoms with Gasteiger partial charge in [-0.2, -0.15) is 0 Å². The van der Waals surface area contributed by atoms with Gasteiger partial charge in [-0.3, -0.25) is 0 Å². The Bertz CT molecular complexity index is 136. The Morgan fingerprint density at radius 3 is 2.56 bits per heavy atom. The van der Waals surface area contributed by atoms with E-state index in [0.717, 1.165) is 0 Å². The maximum atomic E-state index is 3.27. The lowest BCUT2D eigenvalue weighted by Gasteiger charge is -2.13. The molecule has 0 aromatic heterocycles. The van der Waals surface area contributed by atoms with Crippen LogP contribution in [0.5, 0.6) is 0 Å². The fraction of sp³-hybridized carbons (Fsp3) is 0.778. The third-order valence-corrected chi connectivity index (χ3v) is 1.97. The Morgan fingerprint density at radius 2 is 2.11 bits per heavy atom. The topological polar surface area (TPSA) is 0 Å². The molecule has 2 unspecified atom stereocenters. The minimum Gasteiger partial charge on any atom is -0.0999 e. The number of rotatable bonds is 1. The Balaban J connectivity index is 2.46. The lowest BCUT2D eigenvalue weighted by molar-refractivity contribution is 0.497. The molecule has 0 fully saturated rings. The van der Waals surface area contributed by atoms with Gasteiger partial charge in [0.05, 0.1) is 0 Å². The predicted octanol–water partition coefficient (Wildman–Crippen LogP) is 2.45. The van der Waals surface area contributed by atoms with Crippen LogP contribution in [0.1, 0.15) is 33.1 Å². The normalized spacial score (nSPS) is 33.1. The third kappa shape index (κ3) is 1.75. The van der Waals surface area contributed by atoms with Crippen molar-refractivity contribution in [2.24, 2.45) is 11.8 Å². The van der Waals surface area contributed by atoms with E-state index in [-0.39, 0.29) is 0 Å². The molecule has 2 atom stereocenters. The van der Waals surface area contributed by atoms with Gasteiger partial charge in [-0.25, -0.2) is 0 Å². The first kappa shape index (κ1) is 6.68. The first-order valence-corrected chi connectivity index (χ1v) is 3.84. The van der Waals surface area contributed by atoms with Crippen LogP contribution in [0.15, 0.2) is 0 Å². The van der Waals surface area contributed by atoms with Crippen LogP contribution in [0.4, 0.5) is 0 Å². The van der Waals surface area contributed by atoms with Crippen LogP contribution in [0.2, 0.25) is 0 Å². The average molecular weight is 122 g/mol. The van der Waals surface area contributed by atoms with Crippen LogP contribution in [-0.2, 0) is 0 Å². The van der Waals surface area contributed by atoms with Crippen molar-refractivity contribution in [1.82, 2.24) is 0 Å². The highest BCUT2D eigenvalue weighted by atomic mass is 14.1. The molecule has 1 aliphatic carbocycles. The molecule has 0 aromatic rings. The minimum absolute atomic E-state index is 0.660. The molecule has 0 saturated heterocycles. The van der Waals surface area contributed by atoms with E-state index in [9.17, 15) is 0 Å². The van der Waals surface area contributed by atoms with Crippen LogP contribution in [0.3, 0.4) is 0 Å². The monoisotopic (exact) mass is 122 g/mol. The van der Waals surface area contributed by atoms with E-state index < -0.39 is 0 Å². The van der Waals surface area contributed by atoms with Gasteiger partial charge in [-0.05, 0) is 19.3 Å². The smallest absolute Gasteiger partial charge is 0.0200 e. The third-order valence-electron chi connectivity index (χ3n) is 1.97. The molecule has 0 nitrogen and oxygen atoms in total. The molecule has 0 radical (unpaired) electrons. The average Bonchev–Trinajstić information content (AvgIpc) is 1.90. The van der Waals surface area contributed by atoms with Crippen molar-refractivity contribution in [2.45, 2.75) is 33.1 Å². The summed E-state index contributed by atoms with van der Waals surface area (Å²) in [6.45, 7) is 4.42. The summed E-state index contributed by atoms with van der Waals surface area (Å²) in [5.74, 6) is 7.87. The zero-order valence-electron chi connectivity index (χ0n) is 6.28. The lowest BCUT2D eigenvalue weighted by atomic mass is 9.91. The number of hydrogen-bond acceptors (Lipinski definition) is 0. The van der Waals surface area contributed by atoms with Crippen LogP contribution in [-0.4, -0.2) is 0 Å². The van der Waals surface area contributed by atoms with Crippen molar-refractivity contribution in [3.05, 3.63) is 0 Å². The van der Waals surface area contributed by atoms with Gasteiger partial charge >= 0.3 is 0 Å². The van der Waals surface area contributed by atoms with Gasteiger partial charge < -0.3 is 0 Å². The van der Waals surface area contributed by atoms with Crippen LogP contribution in [0.25, 0.3) is 0 Å². The molecule has 0 spiro atoms. The Morgan fingerprint density at radius 1 is 1.33 bits per heavy atom. The van der Waals surface area contributed by atoms with E-state index in [1.807, 2.05) is 0 Å². The minimum atomic E-state index is 0.660. The molecular formula is C9H14. The Kier molecular flexibility index (Phi) is 2.16. The summed E-state index contributed by atoms with van der Waals surface area (Å²) in [5, 5.41) is 0. The molecule has 1 rings (SSSR count). The fourth-order valence-electron chi connectivity index (χ4n) is 1.16. The molecule has 0 heterocycles. The highest BCUT2D eigenvalue weighted by molar-refractivity contribution is 5.09. The second-order valence-corrected chi connectivity index (χ2v) is 2.87. The summed E-state index contributed by atoms with van der Waals surface area (Å²) in [7, 11) is 0. The van der Waals surface area contributed by atoms with Gasteiger partial charge in [-0.1, -0.05) is 25.7 Å². The van der Waals surface area contributed by atoms with Gasteiger partial charge in [0.15, 0.2) is 0 Å². The Hall–Kier alpha value is -0.440. The maximum Gasteiger partial charge on any atom is 0.0200 e. The highest BCUT2D eigenvalue weighted by Gasteiger charge is 2.08. The van der Waals surface area contributed by atoms with Gasteiger partial charge in [-0.15, -0.1) is 0 Å². The summed E-state index contributed by atoms with van der Waals surface area (Å²) in [5.41, 5.74) is 0. The summed E-state index contributed by atoms with van der Waals surface area (Å²) < 4.78 is 0. The van der Waals surface area contributed by atoms with Crippen LogP contribution in [0, 0.1) is 23.7 Å². The van der Waals surface area contributed by atoms with Gasteiger partial charge in [0.1, 0.15) is 0 Å². The van der Waals surface area contributed by atoms with Crippen LogP contribution < -0.4 is 0 Å². The van der Waals surface area contributed by atoms with Gasteiger partial charge in [0.2, 0.25) is 0 Å². The van der Waals surface area contributed by atoms with Crippen molar-refractivity contribution >= 4 is 0 Å². The quantitative estimate of drug-likeness (QED) is 0.469. The van der Waals surface area contributed by atoms with E-state index in [1.54, 1.807) is 0 Å². The summed E-state index contributed by atoms with van der Waals surface area (Å²) >= 11 is 0. The largest absolute Gasteiger partial charge is 0.0999 e. The first-order valence-electron chi connectivity index (χ1n) is 3.84. The molecule has 0 aliphatic heterocycles. The van der Waals surface area contributed by atoms with E-state index >= 15 is 0 Å². The van der Waals surface area contributed by atoms with Crippen molar-refractivity contribution < 1.29 is 0 Å². The van der Waals surface area contributed by atoms with E-state index in [1.165, 1.54) is 19.3 Å². The van der Waals surface area contributed by atoms with Gasteiger partial charge in [0, 0.05) is 11.8 Å². The fourth-order valence-corrected chi connectivity index (χ4v) is 1.16. The van der Waals surface area contributed by atoms with Crippen molar-refractivity contribution in [3.8, 4) is 11.8 Å². The zero-order chi connectivity index (χ0) is 6.69. The number of hydrogen-bond donors (Lipinski definition) is 0. The molecule has 50 valence electrons. The molecule has 0 aromatic carbocycles. The van der Waals surface area contributed by atoms with Crippen molar-refractivity contribution in [1.29, 1.82) is 0 Å². The Labute approximate surface area is 57.7 Å². The van der Waals surface area contributed by atoms with Crippen molar-refractivity contribution in [2.75, 3.05) is 0 Å². The summed E-state index contributed by atoms with van der Waals surface area (Å²) in [6.07, 6.45) is 3.87. The van der Waals surface area contributed by atoms with Crippen LogP contribution >= 0.6 is 0 Å². The van der Waals surface area contributed by atoms with E-state index in [2.05, 4.69) is 25.7 Å². The zero-order valence-corrected chi connectivity index (χ0v) is 6.28. The predicted molar refractivity (Wildman–Crippen MR) is 40.0 cm³/mol.